The topological polar surface area (TPSA) is 33.6 Å². The second kappa shape index (κ2) is 15.9. The summed E-state index contributed by atoms with van der Waals surface area (Å²) in [5.41, 5.74) is 9.38. The van der Waals surface area contributed by atoms with E-state index >= 15 is 0 Å². The molecule has 11 aromatic rings. The van der Waals surface area contributed by atoms with Gasteiger partial charge in [0.1, 0.15) is 0 Å². The second-order valence-electron chi connectivity index (χ2n) is 17.3. The molecule has 0 saturated heterocycles. The summed E-state index contributed by atoms with van der Waals surface area (Å²) in [6, 6.07) is 59.2. The molecule has 0 aliphatic carbocycles. The Kier molecular flexibility index (Phi) is 9.90. The number of rotatable bonds is 6. The van der Waals surface area contributed by atoms with Crippen molar-refractivity contribution in [1.82, 2.24) is 9.13 Å². The molecule has 9 heteroatoms. The third-order valence-electron chi connectivity index (χ3n) is 12.9. The third kappa shape index (κ3) is 7.26. The Labute approximate surface area is 387 Å². The van der Waals surface area contributed by atoms with E-state index < -0.39 is 23.5 Å². The van der Waals surface area contributed by atoms with Crippen LogP contribution in [0, 0.1) is 25.2 Å². The van der Waals surface area contributed by atoms with Crippen LogP contribution in [0.2, 0.25) is 0 Å². The normalized spacial score (nSPS) is 12.1. The lowest BCUT2D eigenvalue weighted by Crippen LogP contribution is -2.11. The zero-order chi connectivity index (χ0) is 47.1. The first-order valence-electron chi connectivity index (χ1n) is 21.9. The van der Waals surface area contributed by atoms with Crippen molar-refractivity contribution in [3.8, 4) is 62.0 Å². The van der Waals surface area contributed by atoms with Crippen LogP contribution >= 0.6 is 0 Å². The van der Waals surface area contributed by atoms with Gasteiger partial charge in [-0.25, -0.2) is 0 Å². The molecular formula is C59H37F6N3. The SMILES string of the molecule is Cc1ccc(-c2ccc3c(c2)c2ccccc2n3-c2ccc(C#N)cc2-c2cc(-c3cc(C(F)(F)F)cc(C(F)(F)F)c3)ccc2-n2c3ccccc3c3cc(-c4ccc(C)cc4)ccc32)cc1. The zero-order valence-electron chi connectivity index (χ0n) is 36.5. The van der Waals surface area contributed by atoms with Crippen molar-refractivity contribution in [2.75, 3.05) is 0 Å². The average molecular weight is 902 g/mol. The molecule has 0 saturated carbocycles. The monoisotopic (exact) mass is 901 g/mol. The van der Waals surface area contributed by atoms with Crippen LogP contribution in [-0.2, 0) is 12.4 Å². The molecule has 0 unspecified atom stereocenters. The maximum atomic E-state index is 14.4. The van der Waals surface area contributed by atoms with Crippen LogP contribution in [0.5, 0.6) is 0 Å². The van der Waals surface area contributed by atoms with Crippen molar-refractivity contribution >= 4 is 43.6 Å². The Morgan fingerprint density at radius 2 is 0.765 bits per heavy atom. The highest BCUT2D eigenvalue weighted by atomic mass is 19.4. The van der Waals surface area contributed by atoms with Crippen LogP contribution in [0.15, 0.2) is 188 Å². The molecule has 0 aliphatic heterocycles. The molecule has 0 amide bonds. The van der Waals surface area contributed by atoms with Gasteiger partial charge in [-0.2, -0.15) is 31.6 Å². The van der Waals surface area contributed by atoms with Gasteiger partial charge in [-0.05, 0) is 132 Å². The first kappa shape index (κ1) is 42.3. The summed E-state index contributed by atoms with van der Waals surface area (Å²) in [5, 5.41) is 14.3. The van der Waals surface area contributed by atoms with Gasteiger partial charge < -0.3 is 9.13 Å². The molecule has 68 heavy (non-hydrogen) atoms. The van der Waals surface area contributed by atoms with E-state index in [-0.39, 0.29) is 17.2 Å². The highest BCUT2D eigenvalue weighted by Crippen LogP contribution is 2.45. The van der Waals surface area contributed by atoms with Gasteiger partial charge in [0, 0.05) is 32.7 Å². The molecule has 0 spiro atoms. The van der Waals surface area contributed by atoms with Gasteiger partial charge in [-0.15, -0.1) is 0 Å². The molecule has 0 N–H and O–H groups in total. The van der Waals surface area contributed by atoms with Crippen LogP contribution in [0.1, 0.15) is 27.8 Å². The lowest BCUT2D eigenvalue weighted by molar-refractivity contribution is -0.143. The predicted molar refractivity (Wildman–Crippen MR) is 261 cm³/mol. The molecule has 2 heterocycles. The van der Waals surface area contributed by atoms with E-state index in [1.54, 1.807) is 30.3 Å². The Bertz CT molecular complexity index is 3810. The number of aromatic nitrogens is 2. The fourth-order valence-corrected chi connectivity index (χ4v) is 9.58. The summed E-state index contributed by atoms with van der Waals surface area (Å²) in [5.74, 6) is 0. The van der Waals surface area contributed by atoms with Crippen LogP contribution in [0.25, 0.3) is 99.5 Å². The van der Waals surface area contributed by atoms with Gasteiger partial charge in [-0.3, -0.25) is 0 Å². The first-order chi connectivity index (χ1) is 32.7. The number of hydrogen-bond donors (Lipinski definition) is 0. The van der Waals surface area contributed by atoms with Gasteiger partial charge in [-0.1, -0.05) is 114 Å². The van der Waals surface area contributed by atoms with E-state index in [0.717, 1.165) is 89.1 Å². The molecule has 0 radical (unpaired) electrons. The van der Waals surface area contributed by atoms with Crippen molar-refractivity contribution in [3.05, 3.63) is 216 Å². The summed E-state index contributed by atoms with van der Waals surface area (Å²) in [4.78, 5) is 0. The zero-order valence-corrected chi connectivity index (χ0v) is 36.5. The minimum absolute atomic E-state index is 0.126. The molecule has 9 aromatic carbocycles. The van der Waals surface area contributed by atoms with Gasteiger partial charge in [0.2, 0.25) is 0 Å². The molecule has 2 aromatic heterocycles. The Morgan fingerprint density at radius 3 is 1.24 bits per heavy atom. The van der Waals surface area contributed by atoms with Crippen LogP contribution in [0.4, 0.5) is 26.3 Å². The molecule has 0 fully saturated rings. The number of fused-ring (bicyclic) bond motifs is 6. The van der Waals surface area contributed by atoms with Crippen molar-refractivity contribution in [3.63, 3.8) is 0 Å². The molecule has 330 valence electrons. The largest absolute Gasteiger partial charge is 0.416 e. The summed E-state index contributed by atoms with van der Waals surface area (Å²) < 4.78 is 90.5. The summed E-state index contributed by atoms with van der Waals surface area (Å²) in [7, 11) is 0. The maximum absolute atomic E-state index is 14.4. The van der Waals surface area contributed by atoms with Gasteiger partial charge in [0.15, 0.2) is 0 Å². The quantitative estimate of drug-likeness (QED) is 0.153. The lowest BCUT2D eigenvalue weighted by Gasteiger charge is -2.21. The maximum Gasteiger partial charge on any atom is 0.416 e. The average Bonchev–Trinajstić information content (AvgIpc) is 3.85. The second-order valence-corrected chi connectivity index (χ2v) is 17.3. The lowest BCUT2D eigenvalue weighted by atomic mass is 9.93. The third-order valence-corrected chi connectivity index (χ3v) is 12.9. The number of alkyl halides is 6. The van der Waals surface area contributed by atoms with E-state index in [9.17, 15) is 31.6 Å². The highest BCUT2D eigenvalue weighted by molar-refractivity contribution is 6.13. The molecule has 0 atom stereocenters. The van der Waals surface area contributed by atoms with E-state index in [1.165, 1.54) is 0 Å². The van der Waals surface area contributed by atoms with Crippen LogP contribution < -0.4 is 0 Å². The van der Waals surface area contributed by atoms with Gasteiger partial charge in [0.05, 0.1) is 56.2 Å². The van der Waals surface area contributed by atoms with Crippen molar-refractivity contribution in [2.24, 2.45) is 0 Å². The summed E-state index contributed by atoms with van der Waals surface area (Å²) in [6.07, 6.45) is -10.1. The molecule has 11 rings (SSSR count). The minimum atomic E-state index is -5.05. The number of benzene rings is 9. The fourth-order valence-electron chi connectivity index (χ4n) is 9.58. The standard InChI is InChI=1S/C59H37F6N3/c1-35-11-16-38(17-12-35)40-20-24-55-49(30-40)46-7-3-5-9-52(46)67(55)54-23-15-37(34-66)27-48(54)51-32-42(43-28-44(58(60,61)62)33-45(29-43)59(63,64)65)22-26-57(51)68-53-10-6-4-8-47(53)50-31-41(21-25-56(50)68)39-18-13-36(2)14-19-39/h3-33H,1-2H3. The van der Waals surface area contributed by atoms with Crippen molar-refractivity contribution in [1.29, 1.82) is 5.26 Å². The highest BCUT2D eigenvalue weighted by Gasteiger charge is 2.37. The molecule has 0 aliphatic rings. The van der Waals surface area contributed by atoms with Gasteiger partial charge >= 0.3 is 12.4 Å². The Balaban J connectivity index is 1.22. The smallest absolute Gasteiger partial charge is 0.309 e. The number of halogens is 6. The number of nitriles is 1. The molecular weight excluding hydrogens is 865 g/mol. The predicted octanol–water partition coefficient (Wildman–Crippen LogP) is 17.1. The number of hydrogen-bond acceptors (Lipinski definition) is 1. The van der Waals surface area contributed by atoms with E-state index in [1.807, 2.05) is 74.5 Å². The fraction of sp³-hybridized carbons (Fsp3) is 0.0678. The number of para-hydroxylation sites is 2. The summed E-state index contributed by atoms with van der Waals surface area (Å²) >= 11 is 0. The Morgan fingerprint density at radius 1 is 0.368 bits per heavy atom. The van der Waals surface area contributed by atoms with Crippen LogP contribution in [0.3, 0.4) is 0 Å². The van der Waals surface area contributed by atoms with E-state index in [0.29, 0.717) is 28.1 Å². The molecule has 3 nitrogen and oxygen atoms in total. The Hall–Kier alpha value is -8.35. The van der Waals surface area contributed by atoms with E-state index in [4.69, 9.17) is 0 Å². The first-order valence-corrected chi connectivity index (χ1v) is 21.9. The van der Waals surface area contributed by atoms with Crippen molar-refractivity contribution in [2.45, 2.75) is 26.2 Å². The number of nitrogens with zero attached hydrogens (tertiary/aromatic N) is 3. The van der Waals surface area contributed by atoms with E-state index in [2.05, 4.69) is 94.1 Å². The minimum Gasteiger partial charge on any atom is -0.309 e. The summed E-state index contributed by atoms with van der Waals surface area (Å²) in [6.45, 7) is 4.08. The van der Waals surface area contributed by atoms with Crippen molar-refractivity contribution < 1.29 is 26.3 Å². The van der Waals surface area contributed by atoms with Crippen LogP contribution in [-0.4, -0.2) is 9.13 Å². The van der Waals surface area contributed by atoms with Gasteiger partial charge in [0.25, 0.3) is 0 Å². The number of aryl methyl sites for hydroxylation is 2. The molecule has 0 bridgehead atoms.